The fourth-order valence-electron chi connectivity index (χ4n) is 7.33. The number of rotatable bonds is 2. The van der Waals surface area contributed by atoms with E-state index >= 15 is 0 Å². The molecule has 0 spiro atoms. The predicted molar refractivity (Wildman–Crippen MR) is 150 cm³/mol. The Morgan fingerprint density at radius 3 is 2.33 bits per heavy atom. The maximum absolute atomic E-state index is 13.3. The second kappa shape index (κ2) is 8.61. The molecule has 2 unspecified atom stereocenters. The Bertz CT molecular complexity index is 1920. The number of fused-ring (bicyclic) bond motifs is 13. The van der Waals surface area contributed by atoms with E-state index in [2.05, 4.69) is 75.2 Å². The van der Waals surface area contributed by atoms with Crippen molar-refractivity contribution in [3.63, 3.8) is 0 Å². The van der Waals surface area contributed by atoms with Crippen molar-refractivity contribution in [2.45, 2.75) is 44.0 Å². The van der Waals surface area contributed by atoms with Gasteiger partial charge in [0.1, 0.15) is 12.3 Å². The number of carbonyl (C=O) groups excluding carboxylic acids is 1. The zero-order valence-electron chi connectivity index (χ0n) is 22.1. The van der Waals surface area contributed by atoms with Crippen molar-refractivity contribution in [1.29, 1.82) is 0 Å². The van der Waals surface area contributed by atoms with Crippen LogP contribution >= 0.6 is 7.82 Å². The Labute approximate surface area is 228 Å². The largest absolute Gasteiger partial charge is 0.466 e. The number of methoxy groups -OCH3 is 1. The Morgan fingerprint density at radius 1 is 1.05 bits per heavy atom. The first-order valence-electron chi connectivity index (χ1n) is 13.0. The second-order valence-corrected chi connectivity index (χ2v) is 11.7. The van der Waals surface area contributed by atoms with Crippen molar-refractivity contribution in [2.75, 3.05) is 14.2 Å². The number of para-hydroxylation sites is 2. The van der Waals surface area contributed by atoms with Crippen LogP contribution in [-0.2, 0) is 26.3 Å². The van der Waals surface area contributed by atoms with Crippen molar-refractivity contribution >= 4 is 57.3 Å². The lowest BCUT2D eigenvalue weighted by Crippen LogP contribution is -2.59. The number of carbonyl (C=O) groups is 1. The third kappa shape index (κ3) is 3.34. The Morgan fingerprint density at radius 2 is 1.68 bits per heavy atom. The van der Waals surface area contributed by atoms with Crippen LogP contribution in [0.1, 0.15) is 35.5 Å². The topological polar surface area (TPSA) is 147 Å². The van der Waals surface area contributed by atoms with Gasteiger partial charge in [-0.05, 0) is 31.7 Å². The number of likely N-dealkylation sites (N-methyl/N-ethyl adjacent to an activating group) is 1. The van der Waals surface area contributed by atoms with E-state index in [4.69, 9.17) is 28.7 Å². The molecule has 8 rings (SSSR count). The van der Waals surface area contributed by atoms with Gasteiger partial charge in [0.25, 0.3) is 5.91 Å². The number of amides is 1. The van der Waals surface area contributed by atoms with Gasteiger partial charge >= 0.3 is 7.82 Å². The number of benzene rings is 3. The molecule has 5 aromatic rings. The molecule has 0 saturated carbocycles. The summed E-state index contributed by atoms with van der Waals surface area (Å²) >= 11 is 0. The number of nitrogens with zero attached hydrogens (tertiary/aromatic N) is 2. The summed E-state index contributed by atoms with van der Waals surface area (Å²) in [5.74, 6) is 0.00357. The number of phosphoric acid groups is 1. The van der Waals surface area contributed by atoms with Crippen LogP contribution in [-0.4, -0.2) is 56.0 Å². The fraction of sp³-hybridized carbons (Fsp3) is 0.321. The molecule has 0 aliphatic carbocycles. The van der Waals surface area contributed by atoms with Crippen LogP contribution in [0, 0.1) is 0 Å². The summed E-state index contributed by atoms with van der Waals surface area (Å²) < 4.78 is 26.8. The minimum Gasteiger partial charge on any atom is -0.375 e. The first-order valence-corrected chi connectivity index (χ1v) is 14.6. The molecular formula is C28H29N4O7P. The highest BCUT2D eigenvalue weighted by molar-refractivity contribution is 7.45. The summed E-state index contributed by atoms with van der Waals surface area (Å²) in [7, 11) is -0.871. The van der Waals surface area contributed by atoms with Gasteiger partial charge in [-0.2, -0.15) is 0 Å². The molecule has 4 atom stereocenters. The van der Waals surface area contributed by atoms with E-state index in [1.54, 1.807) is 7.11 Å². The van der Waals surface area contributed by atoms with Gasteiger partial charge in [-0.15, -0.1) is 0 Å². The van der Waals surface area contributed by atoms with Gasteiger partial charge in [-0.3, -0.25) is 4.79 Å². The predicted octanol–water partition coefficient (Wildman–Crippen LogP) is 3.43. The molecular weight excluding hydrogens is 535 g/mol. The number of hydrogen-bond acceptors (Lipinski definition) is 5. The summed E-state index contributed by atoms with van der Waals surface area (Å²) in [5.41, 5.74) is 5.51. The Hall–Kier alpha value is -3.28. The summed E-state index contributed by atoms with van der Waals surface area (Å²) in [5, 5.41) is 11.0. The molecule has 5 heterocycles. The van der Waals surface area contributed by atoms with E-state index in [0.717, 1.165) is 61.2 Å². The molecule has 208 valence electrons. The molecule has 1 fully saturated rings. The minimum atomic E-state index is -4.64. The molecule has 12 heteroatoms. The van der Waals surface area contributed by atoms with Crippen molar-refractivity contribution < 1.29 is 33.5 Å². The van der Waals surface area contributed by atoms with Crippen molar-refractivity contribution in [2.24, 2.45) is 0 Å². The molecule has 2 bridgehead atoms. The number of hydrogen-bond donors (Lipinski definition) is 5. The van der Waals surface area contributed by atoms with Crippen LogP contribution in [0.25, 0.3) is 43.6 Å². The van der Waals surface area contributed by atoms with Crippen LogP contribution in [0.5, 0.6) is 0 Å². The van der Waals surface area contributed by atoms with E-state index in [1.807, 2.05) is 7.05 Å². The monoisotopic (exact) mass is 564 g/mol. The highest BCUT2D eigenvalue weighted by Gasteiger charge is 2.53. The van der Waals surface area contributed by atoms with Crippen LogP contribution < -0.4 is 10.6 Å². The lowest BCUT2D eigenvalue weighted by molar-refractivity contribution is -0.256. The van der Waals surface area contributed by atoms with Gasteiger partial charge < -0.3 is 43.9 Å². The van der Waals surface area contributed by atoms with Crippen molar-refractivity contribution in [3.8, 4) is 0 Å². The summed E-state index contributed by atoms with van der Waals surface area (Å²) in [4.78, 5) is 34.9. The van der Waals surface area contributed by atoms with Crippen molar-refractivity contribution in [1.82, 2.24) is 19.8 Å². The number of nitrogens with one attached hydrogen (secondary N) is 2. The smallest absolute Gasteiger partial charge is 0.375 e. The van der Waals surface area contributed by atoms with Gasteiger partial charge in [0, 0.05) is 47.7 Å². The Kier molecular flexibility index (Phi) is 5.53. The average Bonchev–Trinajstić information content (AvgIpc) is 3.55. The van der Waals surface area contributed by atoms with Crippen LogP contribution in [0.3, 0.4) is 0 Å². The van der Waals surface area contributed by atoms with Gasteiger partial charge in [0.15, 0.2) is 5.72 Å². The first-order chi connectivity index (χ1) is 19.1. The molecule has 11 nitrogen and oxygen atoms in total. The third-order valence-electron chi connectivity index (χ3n) is 8.60. The maximum Gasteiger partial charge on any atom is 0.466 e. The lowest BCUT2D eigenvalue weighted by Gasteiger charge is -2.48. The molecule has 1 saturated heterocycles. The summed E-state index contributed by atoms with van der Waals surface area (Å²) in [6, 6.07) is 17.0. The molecule has 1 amide bonds. The molecule has 2 aromatic heterocycles. The molecule has 3 aromatic carbocycles. The highest BCUT2D eigenvalue weighted by Crippen LogP contribution is 2.53. The van der Waals surface area contributed by atoms with Gasteiger partial charge in [-0.1, -0.05) is 36.4 Å². The number of ether oxygens (including phenoxy) is 2. The van der Waals surface area contributed by atoms with E-state index < -0.39 is 13.5 Å². The molecule has 3 aliphatic rings. The van der Waals surface area contributed by atoms with Crippen molar-refractivity contribution in [3.05, 3.63) is 59.7 Å². The molecule has 0 radical (unpaired) electrons. The normalized spacial score (nSPS) is 25.4. The quantitative estimate of drug-likeness (QED) is 0.205. The molecule has 3 aliphatic heterocycles. The standard InChI is InChI=1S/C28H26N4O3.H3O4P/c1-28-26(34-3)17(29-2)12-20(35-28)31-18-10-6-4-8-14(18)22-23-16(13-30-27(23)33)21-15-9-5-7-11-19(15)32(28)25(21)24(22)31;1-5(2,3)4/h4-11,17,20,26,29H,12-13H2,1-3H3,(H,30,33);(H3,1,2,3,4)/t17?,20-,26?,28+;/m0./s1. The lowest BCUT2D eigenvalue weighted by atomic mass is 9.93. The Balaban J connectivity index is 0.000000490. The summed E-state index contributed by atoms with van der Waals surface area (Å²) in [6.07, 6.45) is 0.337. The minimum absolute atomic E-state index is 0.00357. The zero-order chi connectivity index (χ0) is 28.1. The highest BCUT2D eigenvalue weighted by atomic mass is 31.2. The SMILES string of the molecule is CNC1C[C@@H]2O[C@](C)(C1OC)n1c3ccccc3c3c4c(c5c6ccccc6n2c5c31)C(=O)NC4.O=P(O)(O)O. The van der Waals surface area contributed by atoms with E-state index in [0.29, 0.717) is 6.54 Å². The molecule has 40 heavy (non-hydrogen) atoms. The van der Waals surface area contributed by atoms with Gasteiger partial charge in [0.05, 0.1) is 27.6 Å². The first kappa shape index (κ1) is 25.7. The van der Waals surface area contributed by atoms with Crippen LogP contribution in [0.4, 0.5) is 0 Å². The zero-order valence-corrected chi connectivity index (χ0v) is 23.0. The number of aromatic nitrogens is 2. The third-order valence-corrected chi connectivity index (χ3v) is 8.60. The van der Waals surface area contributed by atoms with E-state index in [1.165, 1.54) is 0 Å². The van der Waals surface area contributed by atoms with E-state index in [9.17, 15) is 4.79 Å². The van der Waals surface area contributed by atoms with Gasteiger partial charge in [0.2, 0.25) is 0 Å². The average molecular weight is 565 g/mol. The second-order valence-electron chi connectivity index (χ2n) is 10.7. The van der Waals surface area contributed by atoms with Crippen LogP contribution in [0.15, 0.2) is 48.5 Å². The van der Waals surface area contributed by atoms with E-state index in [-0.39, 0.29) is 24.3 Å². The van der Waals surface area contributed by atoms with Gasteiger partial charge in [-0.25, -0.2) is 4.57 Å². The summed E-state index contributed by atoms with van der Waals surface area (Å²) in [6.45, 7) is 2.68. The fourth-order valence-corrected chi connectivity index (χ4v) is 7.33. The maximum atomic E-state index is 13.3. The molecule has 5 N–H and O–H groups in total. The van der Waals surface area contributed by atoms with Crippen LogP contribution in [0.2, 0.25) is 0 Å².